The van der Waals surface area contributed by atoms with Gasteiger partial charge in [-0.25, -0.2) is 4.79 Å². The highest BCUT2D eigenvalue weighted by Crippen LogP contribution is 2.33. The summed E-state index contributed by atoms with van der Waals surface area (Å²) in [6.45, 7) is 3.12. The van der Waals surface area contributed by atoms with Crippen molar-refractivity contribution in [2.75, 3.05) is 45.3 Å². The Morgan fingerprint density at radius 2 is 2.00 bits per heavy atom. The summed E-state index contributed by atoms with van der Waals surface area (Å²) in [4.78, 5) is 23.1. The Kier molecular flexibility index (Phi) is 9.38. The van der Waals surface area contributed by atoms with Gasteiger partial charge in [-0.05, 0) is 12.8 Å². The number of carbonyl (C=O) groups is 2. The largest absolute Gasteiger partial charge is 0.378 e. The Morgan fingerprint density at radius 3 is 2.80 bits per heavy atom. The number of rotatable bonds is 13. The summed E-state index contributed by atoms with van der Waals surface area (Å²) in [6, 6.07) is 0.469. The van der Waals surface area contributed by atoms with Crippen LogP contribution in [0.5, 0.6) is 0 Å². The molecule has 0 bridgehead atoms. The summed E-state index contributed by atoms with van der Waals surface area (Å²) in [5.41, 5.74) is 5.30. The van der Waals surface area contributed by atoms with Crippen LogP contribution in [-0.4, -0.2) is 74.5 Å². The Morgan fingerprint density at radius 1 is 1.20 bits per heavy atom. The molecule has 0 aromatic carbocycles. The average Bonchev–Trinajstić information content (AvgIpc) is 3.13. The Hall–Kier alpha value is -1.03. The van der Waals surface area contributed by atoms with Gasteiger partial charge < -0.3 is 31.2 Å². The van der Waals surface area contributed by atoms with Gasteiger partial charge in [0.15, 0.2) is 0 Å². The molecule has 2 fully saturated rings. The van der Waals surface area contributed by atoms with Crippen LogP contribution in [0.25, 0.3) is 0 Å². The highest BCUT2D eigenvalue weighted by Gasteiger charge is 2.42. The third-order valence-corrected chi connectivity index (χ3v) is 5.79. The number of fused-ring (bicyclic) bond motifs is 1. The molecule has 3 amide bonds. The number of amides is 3. The number of unbranched alkanes of at least 4 members (excludes halogenated alkanes) is 1. The molecule has 8 nitrogen and oxygen atoms in total. The molecule has 9 heteroatoms. The minimum Gasteiger partial charge on any atom is -0.378 e. The lowest BCUT2D eigenvalue weighted by atomic mass is 10.0. The van der Waals surface area contributed by atoms with Crippen molar-refractivity contribution >= 4 is 23.7 Å². The zero-order valence-electron chi connectivity index (χ0n) is 14.6. The van der Waals surface area contributed by atoms with Gasteiger partial charge in [0.05, 0.1) is 38.5 Å². The van der Waals surface area contributed by atoms with Gasteiger partial charge in [0.25, 0.3) is 0 Å². The number of thioether (sulfide) groups is 1. The average molecular weight is 375 g/mol. The first-order valence-electron chi connectivity index (χ1n) is 9.01. The van der Waals surface area contributed by atoms with Crippen molar-refractivity contribution in [2.24, 2.45) is 5.73 Å². The van der Waals surface area contributed by atoms with Crippen molar-refractivity contribution in [3.8, 4) is 0 Å². The number of carbonyl (C=O) groups excluding carboxylic acids is 2. The minimum atomic E-state index is -0.0483. The topological polar surface area (TPSA) is 115 Å². The quantitative estimate of drug-likeness (QED) is 0.263. The highest BCUT2D eigenvalue weighted by atomic mass is 32.2. The van der Waals surface area contributed by atoms with E-state index in [1.807, 2.05) is 11.8 Å². The summed E-state index contributed by atoms with van der Waals surface area (Å²) in [6.07, 6.45) is 3.44. The van der Waals surface area contributed by atoms with Crippen molar-refractivity contribution in [1.29, 1.82) is 0 Å². The third kappa shape index (κ3) is 7.39. The summed E-state index contributed by atoms with van der Waals surface area (Å²) in [5.74, 6) is 1.04. The van der Waals surface area contributed by atoms with Gasteiger partial charge in [0.2, 0.25) is 5.91 Å². The molecule has 0 aromatic heterocycles. The van der Waals surface area contributed by atoms with Crippen LogP contribution in [0.1, 0.15) is 25.7 Å². The van der Waals surface area contributed by atoms with E-state index in [4.69, 9.17) is 15.2 Å². The van der Waals surface area contributed by atoms with Crippen molar-refractivity contribution in [3.05, 3.63) is 0 Å². The second kappa shape index (κ2) is 11.6. The molecular weight excluding hydrogens is 344 g/mol. The van der Waals surface area contributed by atoms with Crippen molar-refractivity contribution < 1.29 is 19.1 Å². The molecule has 2 aliphatic rings. The van der Waals surface area contributed by atoms with E-state index in [9.17, 15) is 9.59 Å². The molecule has 25 heavy (non-hydrogen) atoms. The lowest BCUT2D eigenvalue weighted by molar-refractivity contribution is -0.121. The van der Waals surface area contributed by atoms with Crippen LogP contribution in [0.3, 0.4) is 0 Å². The van der Waals surface area contributed by atoms with Gasteiger partial charge >= 0.3 is 6.03 Å². The summed E-state index contributed by atoms with van der Waals surface area (Å²) < 4.78 is 10.5. The van der Waals surface area contributed by atoms with Crippen molar-refractivity contribution in [1.82, 2.24) is 16.0 Å². The van der Waals surface area contributed by atoms with Gasteiger partial charge in [-0.15, -0.1) is 0 Å². The predicted octanol–water partition coefficient (Wildman–Crippen LogP) is -0.180. The first-order chi connectivity index (χ1) is 12.2. The van der Waals surface area contributed by atoms with E-state index in [1.54, 1.807) is 0 Å². The number of hydrogen-bond acceptors (Lipinski definition) is 6. The fraction of sp³-hybridized carbons (Fsp3) is 0.875. The lowest BCUT2D eigenvalue weighted by Gasteiger charge is -2.16. The normalized spacial score (nSPS) is 24.7. The molecule has 0 saturated carbocycles. The SMILES string of the molecule is NCCOCCOCCNC(=O)CCCCC1SC[C@H]2NC(=O)N[C@@H]12. The first-order valence-corrected chi connectivity index (χ1v) is 10.1. The van der Waals surface area contributed by atoms with E-state index < -0.39 is 0 Å². The van der Waals surface area contributed by atoms with Gasteiger partial charge in [-0.3, -0.25) is 4.79 Å². The first kappa shape index (κ1) is 20.3. The van der Waals surface area contributed by atoms with Crippen molar-refractivity contribution in [3.63, 3.8) is 0 Å². The van der Waals surface area contributed by atoms with Gasteiger partial charge in [0.1, 0.15) is 0 Å². The molecule has 2 saturated heterocycles. The molecule has 2 heterocycles. The maximum Gasteiger partial charge on any atom is 0.315 e. The van der Waals surface area contributed by atoms with Crippen LogP contribution in [0.2, 0.25) is 0 Å². The zero-order chi connectivity index (χ0) is 17.9. The van der Waals surface area contributed by atoms with Crippen LogP contribution >= 0.6 is 11.8 Å². The van der Waals surface area contributed by atoms with E-state index in [-0.39, 0.29) is 24.0 Å². The number of urea groups is 1. The highest BCUT2D eigenvalue weighted by molar-refractivity contribution is 8.00. The van der Waals surface area contributed by atoms with E-state index in [0.29, 0.717) is 51.2 Å². The Labute approximate surface area is 153 Å². The standard InChI is InChI=1S/C16H30N4O4S/c17-5-7-23-9-10-24-8-6-18-14(21)4-2-1-3-13-15-12(11-25-13)19-16(22)20-15/h12-13,15H,1-11,17H2,(H,18,21)(H2,19,20,22)/t12-,13?,15-/m1/s1. The Balaban J connectivity index is 1.41. The minimum absolute atomic E-state index is 0.0483. The molecule has 0 aliphatic carbocycles. The van der Waals surface area contributed by atoms with E-state index >= 15 is 0 Å². The van der Waals surface area contributed by atoms with Crippen LogP contribution in [0, 0.1) is 0 Å². The number of ether oxygens (including phenoxy) is 2. The third-order valence-electron chi connectivity index (χ3n) is 4.28. The van der Waals surface area contributed by atoms with E-state index in [2.05, 4.69) is 16.0 Å². The van der Waals surface area contributed by atoms with Crippen LogP contribution in [-0.2, 0) is 14.3 Å². The molecular formula is C16H30N4O4S. The maximum absolute atomic E-state index is 11.8. The molecule has 144 valence electrons. The second-order valence-corrected chi connectivity index (χ2v) is 7.50. The predicted molar refractivity (Wildman–Crippen MR) is 97.7 cm³/mol. The Bertz CT molecular complexity index is 427. The van der Waals surface area contributed by atoms with Gasteiger partial charge in [-0.2, -0.15) is 11.8 Å². The van der Waals surface area contributed by atoms with E-state index in [1.165, 1.54) is 0 Å². The summed E-state index contributed by atoms with van der Waals surface area (Å²) >= 11 is 1.91. The molecule has 0 spiro atoms. The van der Waals surface area contributed by atoms with Gasteiger partial charge in [0, 0.05) is 30.5 Å². The zero-order valence-corrected chi connectivity index (χ0v) is 15.4. The number of nitrogens with two attached hydrogens (primary N) is 1. The van der Waals surface area contributed by atoms with Crippen LogP contribution in [0.15, 0.2) is 0 Å². The number of nitrogens with one attached hydrogen (secondary N) is 3. The maximum atomic E-state index is 11.8. The molecule has 0 aromatic rings. The number of hydrogen-bond donors (Lipinski definition) is 4. The monoisotopic (exact) mass is 374 g/mol. The van der Waals surface area contributed by atoms with Crippen molar-refractivity contribution in [2.45, 2.75) is 43.0 Å². The van der Waals surface area contributed by atoms with Crippen LogP contribution < -0.4 is 21.7 Å². The van der Waals surface area contributed by atoms with Crippen LogP contribution in [0.4, 0.5) is 4.79 Å². The molecule has 0 radical (unpaired) electrons. The summed E-state index contributed by atoms with van der Waals surface area (Å²) in [7, 11) is 0. The molecule has 2 aliphatic heterocycles. The lowest BCUT2D eigenvalue weighted by Crippen LogP contribution is -2.36. The molecule has 1 unspecified atom stereocenters. The fourth-order valence-corrected chi connectivity index (χ4v) is 4.57. The summed E-state index contributed by atoms with van der Waals surface area (Å²) in [5, 5.41) is 9.25. The molecule has 5 N–H and O–H groups in total. The molecule has 3 atom stereocenters. The van der Waals surface area contributed by atoms with Gasteiger partial charge in [-0.1, -0.05) is 6.42 Å². The fourth-order valence-electron chi connectivity index (χ4n) is 3.03. The second-order valence-electron chi connectivity index (χ2n) is 6.23. The van der Waals surface area contributed by atoms with E-state index in [0.717, 1.165) is 25.0 Å². The smallest absolute Gasteiger partial charge is 0.315 e. The molecule has 2 rings (SSSR count).